The van der Waals surface area contributed by atoms with Crippen molar-refractivity contribution >= 4 is 46.5 Å². The van der Waals surface area contributed by atoms with Crippen molar-refractivity contribution in [1.82, 2.24) is 4.90 Å². The van der Waals surface area contributed by atoms with E-state index in [2.05, 4.69) is 5.32 Å². The number of rotatable bonds is 12. The summed E-state index contributed by atoms with van der Waals surface area (Å²) in [5, 5.41) is 3.12. The van der Waals surface area contributed by atoms with Gasteiger partial charge in [-0.05, 0) is 91.8 Å². The maximum atomic E-state index is 13.8. The van der Waals surface area contributed by atoms with Crippen molar-refractivity contribution in [2.24, 2.45) is 0 Å². The first-order valence-corrected chi connectivity index (χ1v) is 13.8. The Balaban J connectivity index is 1.55. The molecule has 4 rings (SSSR count). The Morgan fingerprint density at radius 2 is 1.62 bits per heavy atom. The van der Waals surface area contributed by atoms with E-state index in [1.807, 2.05) is 25.1 Å². The molecule has 220 valence electrons. The molecule has 3 aromatic carbocycles. The summed E-state index contributed by atoms with van der Waals surface area (Å²) in [6.45, 7) is 2.80. The first-order valence-electron chi connectivity index (χ1n) is 13.4. The molecular weight excluding hydrogens is 558 g/mol. The van der Waals surface area contributed by atoms with E-state index in [1.54, 1.807) is 67.7 Å². The SMILES string of the molecule is CCOc1ccc(N2C(=O)[C@H](CC(=O)Nc3ccc(C(=O)OC)cc3)N(CCc3ccc(OC)c(OC)c3)C2=S)cc1. The predicted octanol–water partition coefficient (Wildman–Crippen LogP) is 4.46. The molecule has 1 aliphatic rings. The van der Waals surface area contributed by atoms with E-state index in [0.29, 0.717) is 58.9 Å². The zero-order valence-electron chi connectivity index (χ0n) is 23.9. The number of carbonyl (C=O) groups is 3. The van der Waals surface area contributed by atoms with Gasteiger partial charge in [0.1, 0.15) is 11.8 Å². The summed E-state index contributed by atoms with van der Waals surface area (Å²) in [5.74, 6) is 0.749. The van der Waals surface area contributed by atoms with Gasteiger partial charge in [0.25, 0.3) is 5.91 Å². The van der Waals surface area contributed by atoms with E-state index in [4.69, 9.17) is 31.2 Å². The van der Waals surface area contributed by atoms with Crippen molar-refractivity contribution < 1.29 is 33.3 Å². The molecule has 42 heavy (non-hydrogen) atoms. The van der Waals surface area contributed by atoms with Gasteiger partial charge in [0.2, 0.25) is 5.91 Å². The number of hydrogen-bond acceptors (Lipinski definition) is 8. The summed E-state index contributed by atoms with van der Waals surface area (Å²) in [5.41, 5.74) is 2.39. The van der Waals surface area contributed by atoms with Crippen LogP contribution in [0.2, 0.25) is 0 Å². The number of hydrogen-bond donors (Lipinski definition) is 1. The van der Waals surface area contributed by atoms with E-state index in [9.17, 15) is 14.4 Å². The van der Waals surface area contributed by atoms with Crippen LogP contribution < -0.4 is 24.4 Å². The monoisotopic (exact) mass is 591 g/mol. The maximum absolute atomic E-state index is 13.8. The van der Waals surface area contributed by atoms with Crippen LogP contribution in [0.3, 0.4) is 0 Å². The van der Waals surface area contributed by atoms with E-state index in [-0.39, 0.29) is 18.2 Å². The molecule has 11 heteroatoms. The van der Waals surface area contributed by atoms with Gasteiger partial charge in [0.05, 0.1) is 45.6 Å². The molecule has 3 aromatic rings. The Labute approximate surface area is 250 Å². The van der Waals surface area contributed by atoms with Crippen LogP contribution in [-0.2, 0) is 20.7 Å². The fourth-order valence-corrected chi connectivity index (χ4v) is 5.08. The minimum atomic E-state index is -0.821. The Hall–Kier alpha value is -4.64. The van der Waals surface area contributed by atoms with Crippen LogP contribution in [0.15, 0.2) is 66.7 Å². The Bertz CT molecular complexity index is 1440. The molecular formula is C31H33N3O7S. The molecule has 1 heterocycles. The normalized spacial score (nSPS) is 14.5. The van der Waals surface area contributed by atoms with Crippen molar-refractivity contribution in [1.29, 1.82) is 0 Å². The smallest absolute Gasteiger partial charge is 0.337 e. The molecule has 0 unspecified atom stereocenters. The third-order valence-electron chi connectivity index (χ3n) is 6.78. The maximum Gasteiger partial charge on any atom is 0.337 e. The molecule has 2 amide bonds. The number of methoxy groups -OCH3 is 3. The van der Waals surface area contributed by atoms with Gasteiger partial charge in [-0.25, -0.2) is 4.79 Å². The van der Waals surface area contributed by atoms with Crippen LogP contribution in [0.25, 0.3) is 0 Å². The van der Waals surface area contributed by atoms with E-state index < -0.39 is 12.0 Å². The number of amides is 2. The second-order valence-corrected chi connectivity index (χ2v) is 9.72. The van der Waals surface area contributed by atoms with Gasteiger partial charge in [-0.3, -0.25) is 14.5 Å². The number of thiocarbonyl (C=S) groups is 1. The summed E-state index contributed by atoms with van der Waals surface area (Å²) < 4.78 is 21.0. The summed E-state index contributed by atoms with van der Waals surface area (Å²) in [6, 6.07) is 18.2. The van der Waals surface area contributed by atoms with Gasteiger partial charge in [-0.2, -0.15) is 0 Å². The molecule has 0 spiro atoms. The largest absolute Gasteiger partial charge is 0.494 e. The highest BCUT2D eigenvalue weighted by Crippen LogP contribution is 2.31. The van der Waals surface area contributed by atoms with Crippen LogP contribution in [0.4, 0.5) is 11.4 Å². The molecule has 0 aliphatic carbocycles. The second kappa shape index (κ2) is 13.8. The molecule has 0 radical (unpaired) electrons. The van der Waals surface area contributed by atoms with E-state index in [1.165, 1.54) is 12.0 Å². The summed E-state index contributed by atoms with van der Waals surface area (Å²) in [4.78, 5) is 41.9. The molecule has 1 aliphatic heterocycles. The van der Waals surface area contributed by atoms with E-state index >= 15 is 0 Å². The number of nitrogens with one attached hydrogen (secondary N) is 1. The number of ether oxygens (including phenoxy) is 4. The molecule has 0 aromatic heterocycles. The minimum Gasteiger partial charge on any atom is -0.494 e. The average Bonchev–Trinajstić information content (AvgIpc) is 3.23. The predicted molar refractivity (Wildman–Crippen MR) is 162 cm³/mol. The van der Waals surface area contributed by atoms with Crippen LogP contribution in [0.5, 0.6) is 17.2 Å². The molecule has 1 atom stereocenters. The Morgan fingerprint density at radius 1 is 0.929 bits per heavy atom. The van der Waals surface area contributed by atoms with Crippen molar-refractivity contribution in [3.63, 3.8) is 0 Å². The van der Waals surface area contributed by atoms with Crippen LogP contribution in [0.1, 0.15) is 29.3 Å². The van der Waals surface area contributed by atoms with Crippen LogP contribution >= 0.6 is 12.2 Å². The second-order valence-electron chi connectivity index (χ2n) is 9.35. The van der Waals surface area contributed by atoms with Gasteiger partial charge in [0, 0.05) is 12.2 Å². The molecule has 10 nitrogen and oxygen atoms in total. The summed E-state index contributed by atoms with van der Waals surface area (Å²) in [7, 11) is 4.45. The van der Waals surface area contributed by atoms with Crippen molar-refractivity contribution in [3.8, 4) is 17.2 Å². The molecule has 1 saturated heterocycles. The Morgan fingerprint density at radius 3 is 2.24 bits per heavy atom. The highest BCUT2D eigenvalue weighted by molar-refractivity contribution is 7.80. The third kappa shape index (κ3) is 6.80. The van der Waals surface area contributed by atoms with Gasteiger partial charge in [0.15, 0.2) is 16.6 Å². The number of esters is 1. The van der Waals surface area contributed by atoms with Gasteiger partial charge < -0.3 is 29.2 Å². The number of benzene rings is 3. The minimum absolute atomic E-state index is 0.128. The van der Waals surface area contributed by atoms with Crippen LogP contribution in [0, 0.1) is 0 Å². The summed E-state index contributed by atoms with van der Waals surface area (Å²) >= 11 is 5.80. The lowest BCUT2D eigenvalue weighted by Gasteiger charge is -2.24. The number of carbonyl (C=O) groups excluding carboxylic acids is 3. The zero-order chi connectivity index (χ0) is 30.2. The highest BCUT2D eigenvalue weighted by atomic mass is 32.1. The molecule has 0 bridgehead atoms. The fourth-order valence-electron chi connectivity index (χ4n) is 4.66. The van der Waals surface area contributed by atoms with Crippen LogP contribution in [-0.4, -0.2) is 68.3 Å². The third-order valence-corrected chi connectivity index (χ3v) is 7.20. The molecule has 0 saturated carbocycles. The zero-order valence-corrected chi connectivity index (χ0v) is 24.7. The first-order chi connectivity index (χ1) is 20.3. The Kier molecular flexibility index (Phi) is 9.98. The number of nitrogens with zero attached hydrogens (tertiary/aromatic N) is 2. The lowest BCUT2D eigenvalue weighted by Crippen LogP contribution is -2.39. The lowest BCUT2D eigenvalue weighted by atomic mass is 10.1. The van der Waals surface area contributed by atoms with Gasteiger partial charge >= 0.3 is 5.97 Å². The van der Waals surface area contributed by atoms with Crippen molar-refractivity contribution in [2.75, 3.05) is 44.7 Å². The standard InChI is InChI=1S/C31H33N3O7S/c1-5-41-24-13-11-23(12-14-24)34-29(36)25(19-28(35)32-22-9-7-21(8-10-22)30(37)40-4)33(31(34)42)17-16-20-6-15-26(38-2)27(18-20)39-3/h6-15,18,25H,5,16-17,19H2,1-4H3,(H,32,35)/t25-/m0/s1. The quantitative estimate of drug-likeness (QED) is 0.241. The molecule has 1 fully saturated rings. The van der Waals surface area contributed by atoms with E-state index in [0.717, 1.165) is 5.56 Å². The average molecular weight is 592 g/mol. The number of anilines is 2. The summed E-state index contributed by atoms with van der Waals surface area (Å²) in [6.07, 6.45) is 0.412. The highest BCUT2D eigenvalue weighted by Gasteiger charge is 2.44. The van der Waals surface area contributed by atoms with Gasteiger partial charge in [-0.15, -0.1) is 0 Å². The van der Waals surface area contributed by atoms with Gasteiger partial charge in [-0.1, -0.05) is 6.07 Å². The topological polar surface area (TPSA) is 107 Å². The molecule has 1 N–H and O–H groups in total. The van der Waals surface area contributed by atoms with Crippen molar-refractivity contribution in [2.45, 2.75) is 25.8 Å². The first kappa shape index (κ1) is 30.3. The van der Waals surface area contributed by atoms with Crippen molar-refractivity contribution in [3.05, 3.63) is 77.9 Å². The fraction of sp³-hybridized carbons (Fsp3) is 0.290. The lowest BCUT2D eigenvalue weighted by molar-refractivity contribution is -0.124.